The van der Waals surface area contributed by atoms with Gasteiger partial charge in [-0.1, -0.05) is 0 Å². The second-order valence-electron chi connectivity index (χ2n) is 5.91. The van der Waals surface area contributed by atoms with E-state index in [0.717, 1.165) is 19.1 Å². The van der Waals surface area contributed by atoms with Gasteiger partial charge in [0.1, 0.15) is 0 Å². The van der Waals surface area contributed by atoms with E-state index in [-0.39, 0.29) is 17.4 Å². The van der Waals surface area contributed by atoms with Crippen molar-refractivity contribution in [1.29, 1.82) is 0 Å². The summed E-state index contributed by atoms with van der Waals surface area (Å²) in [5, 5.41) is 34.8. The second-order valence-corrected chi connectivity index (χ2v) is 5.91. The van der Waals surface area contributed by atoms with E-state index in [4.69, 9.17) is 0 Å². The first-order valence-corrected chi connectivity index (χ1v) is 7.94. The molecule has 0 spiro atoms. The highest BCUT2D eigenvalue weighted by molar-refractivity contribution is 5.97. The van der Waals surface area contributed by atoms with Crippen molar-refractivity contribution in [3.8, 4) is 17.2 Å². The smallest absolute Gasteiger partial charge is 0.271 e. The maximum Gasteiger partial charge on any atom is 0.271 e. The molecule has 0 aromatic heterocycles. The maximum absolute atomic E-state index is 12.0. The van der Waals surface area contributed by atoms with Crippen LogP contribution in [0.5, 0.6) is 17.2 Å². The lowest BCUT2D eigenvalue weighted by atomic mass is 10.2. The molecule has 1 aliphatic rings. The molecular weight excluding hydrogens is 338 g/mol. The molecule has 26 heavy (non-hydrogen) atoms. The molecule has 8 nitrogen and oxygen atoms in total. The standard InChI is InChI=1S/C18H17N3O5/c22-14-8-5-12(15(23)16(14)24)9-19-21-18(26)11-3-6-13(7-4-11)20-17(25)10-1-2-10/h3-10,22-24H,1-2H2,(H,20,25)(H,21,26)/b19-9+. The fourth-order valence-corrected chi connectivity index (χ4v) is 2.21. The molecule has 1 saturated carbocycles. The molecule has 0 radical (unpaired) electrons. The first-order chi connectivity index (χ1) is 12.5. The van der Waals surface area contributed by atoms with Crippen LogP contribution in [0.1, 0.15) is 28.8 Å². The summed E-state index contributed by atoms with van der Waals surface area (Å²) in [5.74, 6) is -2.06. The van der Waals surface area contributed by atoms with Gasteiger partial charge >= 0.3 is 0 Å². The average Bonchev–Trinajstić information content (AvgIpc) is 3.47. The third-order valence-corrected chi connectivity index (χ3v) is 3.89. The average molecular weight is 355 g/mol. The van der Waals surface area contributed by atoms with Crippen LogP contribution in [0.3, 0.4) is 0 Å². The zero-order chi connectivity index (χ0) is 18.7. The first kappa shape index (κ1) is 17.3. The number of rotatable bonds is 5. The van der Waals surface area contributed by atoms with Crippen molar-refractivity contribution in [2.24, 2.45) is 11.0 Å². The van der Waals surface area contributed by atoms with E-state index in [1.807, 2.05) is 0 Å². The van der Waals surface area contributed by atoms with Gasteiger partial charge in [-0.25, -0.2) is 5.43 Å². The summed E-state index contributed by atoms with van der Waals surface area (Å²) in [7, 11) is 0. The molecular formula is C18H17N3O5. The lowest BCUT2D eigenvalue weighted by Gasteiger charge is -2.05. The first-order valence-electron chi connectivity index (χ1n) is 7.94. The number of carbonyl (C=O) groups is 2. The molecule has 134 valence electrons. The molecule has 5 N–H and O–H groups in total. The van der Waals surface area contributed by atoms with Crippen molar-refractivity contribution >= 4 is 23.7 Å². The summed E-state index contributed by atoms with van der Waals surface area (Å²) in [4.78, 5) is 23.7. The Morgan fingerprint density at radius 3 is 2.35 bits per heavy atom. The van der Waals surface area contributed by atoms with E-state index in [9.17, 15) is 24.9 Å². The number of hydrogen-bond donors (Lipinski definition) is 5. The Balaban J connectivity index is 1.59. The molecule has 0 unspecified atom stereocenters. The third-order valence-electron chi connectivity index (χ3n) is 3.89. The van der Waals surface area contributed by atoms with Crippen LogP contribution in [0.15, 0.2) is 41.5 Å². The SMILES string of the molecule is O=C(N/N=C/c1ccc(O)c(O)c1O)c1ccc(NC(=O)C2CC2)cc1. The largest absolute Gasteiger partial charge is 0.504 e. The number of hydrogen-bond acceptors (Lipinski definition) is 6. The highest BCUT2D eigenvalue weighted by atomic mass is 16.3. The highest BCUT2D eigenvalue weighted by Crippen LogP contribution is 2.36. The van der Waals surface area contributed by atoms with Gasteiger partial charge in [-0.3, -0.25) is 9.59 Å². The monoisotopic (exact) mass is 355 g/mol. The number of phenols is 3. The molecule has 1 fully saturated rings. The maximum atomic E-state index is 12.0. The van der Waals surface area contributed by atoms with E-state index in [1.165, 1.54) is 12.1 Å². The summed E-state index contributed by atoms with van der Waals surface area (Å²) in [6, 6.07) is 8.88. The number of aromatic hydroxyl groups is 3. The molecule has 0 heterocycles. The van der Waals surface area contributed by atoms with Crippen molar-refractivity contribution in [3.05, 3.63) is 47.5 Å². The van der Waals surface area contributed by atoms with Gasteiger partial charge in [-0.2, -0.15) is 5.10 Å². The predicted molar refractivity (Wildman–Crippen MR) is 94.3 cm³/mol. The number of benzene rings is 2. The van der Waals surface area contributed by atoms with Gasteiger partial charge in [0.2, 0.25) is 11.7 Å². The van der Waals surface area contributed by atoms with Gasteiger partial charge in [0, 0.05) is 22.7 Å². The predicted octanol–water partition coefficient (Wildman–Crippen LogP) is 1.92. The Kier molecular flexibility index (Phi) is 4.74. The molecule has 0 atom stereocenters. The molecule has 0 bridgehead atoms. The van der Waals surface area contributed by atoms with Crippen molar-refractivity contribution in [1.82, 2.24) is 5.43 Å². The van der Waals surface area contributed by atoms with Gasteiger partial charge < -0.3 is 20.6 Å². The van der Waals surface area contributed by atoms with Crippen LogP contribution >= 0.6 is 0 Å². The second kappa shape index (κ2) is 7.14. The zero-order valence-corrected chi connectivity index (χ0v) is 13.6. The summed E-state index contributed by atoms with van der Waals surface area (Å²) in [6.07, 6.45) is 2.97. The highest BCUT2D eigenvalue weighted by Gasteiger charge is 2.29. The topological polar surface area (TPSA) is 131 Å². The van der Waals surface area contributed by atoms with Crippen LogP contribution in [0, 0.1) is 5.92 Å². The Morgan fingerprint density at radius 2 is 1.69 bits per heavy atom. The van der Waals surface area contributed by atoms with Gasteiger partial charge in [-0.05, 0) is 49.2 Å². The Morgan fingerprint density at radius 1 is 1.00 bits per heavy atom. The molecule has 0 saturated heterocycles. The Labute approximate surface area is 148 Å². The van der Waals surface area contributed by atoms with Gasteiger partial charge in [-0.15, -0.1) is 0 Å². The van der Waals surface area contributed by atoms with Gasteiger partial charge in [0.15, 0.2) is 11.5 Å². The van der Waals surface area contributed by atoms with Crippen LogP contribution in [-0.4, -0.2) is 33.3 Å². The minimum absolute atomic E-state index is 0.0104. The number of carbonyl (C=O) groups excluding carboxylic acids is 2. The van der Waals surface area contributed by atoms with E-state index in [2.05, 4.69) is 15.8 Å². The zero-order valence-electron chi connectivity index (χ0n) is 13.6. The number of nitrogens with zero attached hydrogens (tertiary/aromatic N) is 1. The number of hydrazone groups is 1. The number of phenolic OH excluding ortho intramolecular Hbond substituents is 3. The number of amides is 2. The van der Waals surface area contributed by atoms with Crippen LogP contribution in [0.25, 0.3) is 0 Å². The number of nitrogens with one attached hydrogen (secondary N) is 2. The molecule has 1 aliphatic carbocycles. The van der Waals surface area contributed by atoms with Crippen LogP contribution < -0.4 is 10.7 Å². The molecule has 3 rings (SSSR count). The van der Waals surface area contributed by atoms with Crippen molar-refractivity contribution in [2.75, 3.05) is 5.32 Å². The van der Waals surface area contributed by atoms with Gasteiger partial charge in [0.25, 0.3) is 5.91 Å². The van der Waals surface area contributed by atoms with E-state index < -0.39 is 23.2 Å². The van der Waals surface area contributed by atoms with Crippen molar-refractivity contribution < 1.29 is 24.9 Å². The van der Waals surface area contributed by atoms with Crippen molar-refractivity contribution in [2.45, 2.75) is 12.8 Å². The van der Waals surface area contributed by atoms with Crippen LogP contribution in [0.2, 0.25) is 0 Å². The van der Waals surface area contributed by atoms with E-state index >= 15 is 0 Å². The Hall–Kier alpha value is -3.55. The lowest BCUT2D eigenvalue weighted by molar-refractivity contribution is -0.117. The minimum atomic E-state index is -0.663. The molecule has 8 heteroatoms. The molecule has 2 aromatic rings. The molecule has 2 aromatic carbocycles. The quantitative estimate of drug-likeness (QED) is 0.318. The fraction of sp³-hybridized carbons (Fsp3) is 0.167. The Bertz CT molecular complexity index is 873. The summed E-state index contributed by atoms with van der Waals surface area (Å²) >= 11 is 0. The molecule has 2 amide bonds. The third kappa shape index (κ3) is 3.92. The minimum Gasteiger partial charge on any atom is -0.504 e. The fourth-order valence-electron chi connectivity index (χ4n) is 2.21. The normalized spacial score (nSPS) is 13.5. The summed E-state index contributed by atoms with van der Waals surface area (Å²) < 4.78 is 0. The lowest BCUT2D eigenvalue weighted by Crippen LogP contribution is -2.18. The van der Waals surface area contributed by atoms with Crippen LogP contribution in [0.4, 0.5) is 5.69 Å². The van der Waals surface area contributed by atoms with Gasteiger partial charge in [0.05, 0.1) is 6.21 Å². The summed E-state index contributed by atoms with van der Waals surface area (Å²) in [5.41, 5.74) is 3.36. The number of anilines is 1. The summed E-state index contributed by atoms with van der Waals surface area (Å²) in [6.45, 7) is 0. The van der Waals surface area contributed by atoms with Crippen LogP contribution in [-0.2, 0) is 4.79 Å². The molecule has 0 aliphatic heterocycles. The van der Waals surface area contributed by atoms with E-state index in [0.29, 0.717) is 11.3 Å². The van der Waals surface area contributed by atoms with Crippen molar-refractivity contribution in [3.63, 3.8) is 0 Å². The van der Waals surface area contributed by atoms with E-state index in [1.54, 1.807) is 24.3 Å².